The average molecular weight is 394 g/mol. The highest BCUT2D eigenvalue weighted by molar-refractivity contribution is 7.98. The summed E-state index contributed by atoms with van der Waals surface area (Å²) in [5, 5.41) is 2.87. The van der Waals surface area contributed by atoms with Gasteiger partial charge in [-0.2, -0.15) is 0 Å². The molecule has 0 saturated heterocycles. The van der Waals surface area contributed by atoms with Gasteiger partial charge < -0.3 is 14.8 Å². The van der Waals surface area contributed by atoms with Gasteiger partial charge in [0.15, 0.2) is 0 Å². The van der Waals surface area contributed by atoms with E-state index in [4.69, 9.17) is 9.47 Å². The first kappa shape index (κ1) is 19.8. The summed E-state index contributed by atoms with van der Waals surface area (Å²) in [6.45, 7) is 0.826. The molecular weight excluding hydrogens is 370 g/mol. The molecule has 1 amide bonds. The van der Waals surface area contributed by atoms with Crippen molar-refractivity contribution in [1.82, 2.24) is 5.32 Å². The van der Waals surface area contributed by atoms with Crippen LogP contribution < -0.4 is 14.8 Å². The zero-order valence-electron chi connectivity index (χ0n) is 15.8. The highest BCUT2D eigenvalue weighted by atomic mass is 32.2. The van der Waals surface area contributed by atoms with Crippen LogP contribution in [0.1, 0.15) is 15.9 Å². The molecule has 0 aliphatic carbocycles. The molecule has 0 aromatic heterocycles. The highest BCUT2D eigenvalue weighted by Crippen LogP contribution is 2.22. The van der Waals surface area contributed by atoms with Crippen LogP contribution in [0.15, 0.2) is 83.8 Å². The SMILES string of the molecule is COc1cccc(OCCNC(=O)c2ccc(CSc3ccccc3)cc2)c1. The van der Waals surface area contributed by atoms with Crippen LogP contribution in [-0.2, 0) is 5.75 Å². The molecule has 0 unspecified atom stereocenters. The number of hydrogen-bond acceptors (Lipinski definition) is 4. The summed E-state index contributed by atoms with van der Waals surface area (Å²) >= 11 is 1.78. The first-order valence-electron chi connectivity index (χ1n) is 9.06. The molecule has 0 aliphatic rings. The summed E-state index contributed by atoms with van der Waals surface area (Å²) < 4.78 is 10.8. The summed E-state index contributed by atoms with van der Waals surface area (Å²) in [4.78, 5) is 13.5. The van der Waals surface area contributed by atoms with Gasteiger partial charge in [-0.05, 0) is 42.0 Å². The number of ether oxygens (including phenoxy) is 2. The third kappa shape index (κ3) is 6.06. The van der Waals surface area contributed by atoms with E-state index in [1.54, 1.807) is 18.9 Å². The Balaban J connectivity index is 1.41. The Bertz CT molecular complexity index is 882. The van der Waals surface area contributed by atoms with Crippen LogP contribution in [0.2, 0.25) is 0 Å². The van der Waals surface area contributed by atoms with Crippen LogP contribution in [-0.4, -0.2) is 26.2 Å². The van der Waals surface area contributed by atoms with Crippen molar-refractivity contribution in [2.45, 2.75) is 10.6 Å². The predicted octanol–water partition coefficient (Wildman–Crippen LogP) is 4.80. The average Bonchev–Trinajstić information content (AvgIpc) is 2.76. The molecule has 3 aromatic rings. The molecule has 0 bridgehead atoms. The minimum absolute atomic E-state index is 0.100. The zero-order chi connectivity index (χ0) is 19.6. The van der Waals surface area contributed by atoms with Gasteiger partial charge in [-0.25, -0.2) is 0 Å². The maximum Gasteiger partial charge on any atom is 0.251 e. The molecule has 0 fully saturated rings. The van der Waals surface area contributed by atoms with Gasteiger partial charge in [-0.3, -0.25) is 4.79 Å². The Labute approximate surface area is 169 Å². The zero-order valence-corrected chi connectivity index (χ0v) is 16.6. The van der Waals surface area contributed by atoms with E-state index in [0.29, 0.717) is 24.5 Å². The van der Waals surface area contributed by atoms with E-state index in [1.165, 1.54) is 10.5 Å². The second kappa shape index (κ2) is 10.4. The number of amides is 1. The predicted molar refractivity (Wildman–Crippen MR) is 113 cm³/mol. The third-order valence-electron chi connectivity index (χ3n) is 4.06. The minimum atomic E-state index is -0.100. The molecule has 0 radical (unpaired) electrons. The van der Waals surface area contributed by atoms with E-state index in [2.05, 4.69) is 17.4 Å². The van der Waals surface area contributed by atoms with Gasteiger partial charge in [0, 0.05) is 22.3 Å². The number of benzene rings is 3. The molecule has 3 aromatic carbocycles. The van der Waals surface area contributed by atoms with Crippen molar-refractivity contribution in [2.75, 3.05) is 20.3 Å². The number of thioether (sulfide) groups is 1. The van der Waals surface area contributed by atoms with E-state index in [-0.39, 0.29) is 5.91 Å². The fourth-order valence-corrected chi connectivity index (χ4v) is 3.44. The highest BCUT2D eigenvalue weighted by Gasteiger charge is 2.05. The van der Waals surface area contributed by atoms with Gasteiger partial charge in [0.05, 0.1) is 13.7 Å². The number of hydrogen-bond donors (Lipinski definition) is 1. The van der Waals surface area contributed by atoms with Crippen molar-refractivity contribution in [3.63, 3.8) is 0 Å². The molecule has 0 atom stereocenters. The lowest BCUT2D eigenvalue weighted by molar-refractivity contribution is 0.0947. The van der Waals surface area contributed by atoms with Gasteiger partial charge in [-0.15, -0.1) is 11.8 Å². The minimum Gasteiger partial charge on any atom is -0.497 e. The molecule has 4 nitrogen and oxygen atoms in total. The van der Waals surface area contributed by atoms with E-state index in [9.17, 15) is 4.79 Å². The van der Waals surface area contributed by atoms with Crippen LogP contribution >= 0.6 is 11.8 Å². The number of carbonyl (C=O) groups excluding carboxylic acids is 1. The van der Waals surface area contributed by atoms with Gasteiger partial charge in [0.25, 0.3) is 5.91 Å². The number of methoxy groups -OCH3 is 1. The fourth-order valence-electron chi connectivity index (χ4n) is 2.56. The van der Waals surface area contributed by atoms with E-state index in [0.717, 1.165) is 11.5 Å². The van der Waals surface area contributed by atoms with Crippen molar-refractivity contribution < 1.29 is 14.3 Å². The van der Waals surface area contributed by atoms with E-state index in [1.807, 2.05) is 66.7 Å². The lowest BCUT2D eigenvalue weighted by Crippen LogP contribution is -2.28. The topological polar surface area (TPSA) is 47.6 Å². The van der Waals surface area contributed by atoms with Crippen LogP contribution in [0.3, 0.4) is 0 Å². The Morgan fingerprint density at radius 1 is 0.929 bits per heavy atom. The monoisotopic (exact) mass is 393 g/mol. The Morgan fingerprint density at radius 2 is 1.68 bits per heavy atom. The molecular formula is C23H23NO3S. The molecule has 0 heterocycles. The lowest BCUT2D eigenvalue weighted by atomic mass is 10.1. The summed E-state index contributed by atoms with van der Waals surface area (Å²) in [5.41, 5.74) is 1.83. The van der Waals surface area contributed by atoms with E-state index < -0.39 is 0 Å². The van der Waals surface area contributed by atoms with Crippen molar-refractivity contribution in [3.05, 3.63) is 90.0 Å². The first-order valence-corrected chi connectivity index (χ1v) is 10.0. The first-order chi connectivity index (χ1) is 13.7. The maximum atomic E-state index is 12.3. The quantitative estimate of drug-likeness (QED) is 0.419. The molecule has 0 aliphatic heterocycles. The molecule has 144 valence electrons. The third-order valence-corrected chi connectivity index (χ3v) is 5.15. The molecule has 1 N–H and O–H groups in total. The van der Waals surface area contributed by atoms with Crippen LogP contribution in [0.25, 0.3) is 0 Å². The van der Waals surface area contributed by atoms with Gasteiger partial charge >= 0.3 is 0 Å². The normalized spacial score (nSPS) is 10.3. The van der Waals surface area contributed by atoms with Gasteiger partial charge in [0.2, 0.25) is 0 Å². The van der Waals surface area contributed by atoms with Gasteiger partial charge in [-0.1, -0.05) is 36.4 Å². The Kier molecular flexibility index (Phi) is 7.38. The lowest BCUT2D eigenvalue weighted by Gasteiger charge is -2.09. The van der Waals surface area contributed by atoms with Crippen LogP contribution in [0.5, 0.6) is 11.5 Å². The summed E-state index contributed by atoms with van der Waals surface area (Å²) in [7, 11) is 1.62. The summed E-state index contributed by atoms with van der Waals surface area (Å²) in [5.74, 6) is 2.23. The van der Waals surface area contributed by atoms with Crippen LogP contribution in [0, 0.1) is 0 Å². The molecule has 3 rings (SSSR count). The molecule has 0 spiro atoms. The van der Waals surface area contributed by atoms with Gasteiger partial charge in [0.1, 0.15) is 18.1 Å². The largest absolute Gasteiger partial charge is 0.497 e. The molecule has 28 heavy (non-hydrogen) atoms. The maximum absolute atomic E-state index is 12.3. The van der Waals surface area contributed by atoms with Crippen molar-refractivity contribution in [2.24, 2.45) is 0 Å². The number of nitrogens with one attached hydrogen (secondary N) is 1. The van der Waals surface area contributed by atoms with Crippen molar-refractivity contribution >= 4 is 17.7 Å². The Morgan fingerprint density at radius 3 is 2.43 bits per heavy atom. The molecule has 0 saturated carbocycles. The smallest absolute Gasteiger partial charge is 0.251 e. The standard InChI is InChI=1S/C23H23NO3S/c1-26-20-6-5-7-21(16-20)27-15-14-24-23(25)19-12-10-18(11-13-19)17-28-22-8-3-2-4-9-22/h2-13,16H,14-15,17H2,1H3,(H,24,25). The van der Waals surface area contributed by atoms with Crippen LogP contribution in [0.4, 0.5) is 0 Å². The Hall–Kier alpha value is -2.92. The second-order valence-electron chi connectivity index (χ2n) is 6.08. The summed E-state index contributed by atoms with van der Waals surface area (Å²) in [6.07, 6.45) is 0. The second-order valence-corrected chi connectivity index (χ2v) is 7.13. The fraction of sp³-hybridized carbons (Fsp3) is 0.174. The van der Waals surface area contributed by atoms with Crippen molar-refractivity contribution in [1.29, 1.82) is 0 Å². The number of carbonyl (C=O) groups is 1. The van der Waals surface area contributed by atoms with Crippen molar-refractivity contribution in [3.8, 4) is 11.5 Å². The van der Waals surface area contributed by atoms with E-state index >= 15 is 0 Å². The molecule has 5 heteroatoms. The number of rotatable bonds is 9. The summed E-state index contributed by atoms with van der Waals surface area (Å²) in [6, 6.07) is 25.4.